The average molecular weight is 750 g/mol. The molecule has 0 aliphatic rings. The van der Waals surface area contributed by atoms with Crippen LogP contribution in [0.3, 0.4) is 0 Å². The summed E-state index contributed by atoms with van der Waals surface area (Å²) >= 11 is 0. The largest absolute Gasteiger partial charge is 0.544 e. The van der Waals surface area contributed by atoms with Crippen LogP contribution in [0.4, 0.5) is 0 Å². The number of carboxylic acids is 1. The number of rotatable bonds is 39. The number of quaternary nitrogens is 1. The Balaban J connectivity index is 4.38. The van der Waals surface area contributed by atoms with Crippen molar-refractivity contribution in [3.05, 3.63) is 24.3 Å². The normalized spacial score (nSPS) is 13.2. The van der Waals surface area contributed by atoms with Crippen molar-refractivity contribution in [3.63, 3.8) is 0 Å². The average Bonchev–Trinajstić information content (AvgIpc) is 3.11. The second-order valence-electron chi connectivity index (χ2n) is 16.0. The van der Waals surface area contributed by atoms with E-state index in [1.807, 2.05) is 0 Å². The molecule has 8 heteroatoms. The molecule has 310 valence electrons. The van der Waals surface area contributed by atoms with Crippen LogP contribution in [0.15, 0.2) is 24.3 Å². The van der Waals surface area contributed by atoms with E-state index in [0.717, 1.165) is 51.4 Å². The molecule has 0 aromatic heterocycles. The van der Waals surface area contributed by atoms with Crippen molar-refractivity contribution in [1.29, 1.82) is 0 Å². The first-order chi connectivity index (χ1) is 25.6. The van der Waals surface area contributed by atoms with Gasteiger partial charge in [0.1, 0.15) is 12.6 Å². The monoisotopic (exact) mass is 750 g/mol. The van der Waals surface area contributed by atoms with Gasteiger partial charge in [0, 0.05) is 19.3 Å². The van der Waals surface area contributed by atoms with Crippen molar-refractivity contribution in [3.8, 4) is 0 Å². The summed E-state index contributed by atoms with van der Waals surface area (Å²) in [6.45, 7) is 4.64. The van der Waals surface area contributed by atoms with Crippen molar-refractivity contribution in [2.45, 2.75) is 206 Å². The van der Waals surface area contributed by atoms with Gasteiger partial charge in [-0.05, 0) is 38.5 Å². The highest BCUT2D eigenvalue weighted by Gasteiger charge is 2.25. The van der Waals surface area contributed by atoms with Gasteiger partial charge in [-0.15, -0.1) is 0 Å². The highest BCUT2D eigenvalue weighted by atomic mass is 16.6. The third kappa shape index (κ3) is 35.3. The van der Waals surface area contributed by atoms with Crippen LogP contribution in [0.25, 0.3) is 0 Å². The molecule has 0 aliphatic heterocycles. The molecule has 0 aromatic carbocycles. The molecule has 0 saturated carbocycles. The molecule has 0 fully saturated rings. The number of carbonyl (C=O) groups excluding carboxylic acids is 3. The first-order valence-electron chi connectivity index (χ1n) is 21.9. The molecule has 0 radical (unpaired) electrons. The molecule has 0 N–H and O–H groups in total. The number of aliphatic carboxylic acids is 1. The van der Waals surface area contributed by atoms with Gasteiger partial charge in [0.2, 0.25) is 0 Å². The zero-order valence-corrected chi connectivity index (χ0v) is 35.2. The molecule has 2 unspecified atom stereocenters. The fraction of sp³-hybridized carbons (Fsp3) is 0.844. The second-order valence-corrected chi connectivity index (χ2v) is 16.0. The van der Waals surface area contributed by atoms with Gasteiger partial charge >= 0.3 is 11.9 Å². The first kappa shape index (κ1) is 50.8. The minimum atomic E-state index is -1.13. The van der Waals surface area contributed by atoms with Crippen LogP contribution in [0.2, 0.25) is 0 Å². The van der Waals surface area contributed by atoms with E-state index in [1.54, 1.807) is 21.1 Å². The van der Waals surface area contributed by atoms with E-state index in [1.165, 1.54) is 109 Å². The molecular weight excluding hydrogens is 666 g/mol. The number of hydrogen-bond donors (Lipinski definition) is 0. The molecule has 0 rings (SSSR count). The standard InChI is InChI=1S/C45H83NO7/c1-6-8-10-12-14-16-18-20-21-22-24-25-27-29-31-33-35-43(47)52-40-41(39-51-38-37-42(45(49)50)46(3,4)5)53-44(48)36-34-32-30-28-26-23-19-17-15-13-11-9-7-2/h21-22,24-25,41-42H,6-20,23,26-40H2,1-5H3/b22-21+,25-24+. The number of nitrogens with zero attached hydrogens (tertiary/aromatic N) is 1. The van der Waals surface area contributed by atoms with Gasteiger partial charge in [-0.25, -0.2) is 0 Å². The van der Waals surface area contributed by atoms with Crippen molar-refractivity contribution >= 4 is 17.9 Å². The minimum Gasteiger partial charge on any atom is -0.544 e. The number of hydrogen-bond acceptors (Lipinski definition) is 7. The van der Waals surface area contributed by atoms with Crippen LogP contribution in [0, 0.1) is 0 Å². The van der Waals surface area contributed by atoms with E-state index in [2.05, 4.69) is 38.2 Å². The number of ether oxygens (including phenoxy) is 3. The number of unbranched alkanes of at least 4 members (excludes halogenated alkanes) is 22. The van der Waals surface area contributed by atoms with Gasteiger partial charge in [-0.1, -0.05) is 160 Å². The van der Waals surface area contributed by atoms with Crippen LogP contribution in [0.5, 0.6) is 0 Å². The summed E-state index contributed by atoms with van der Waals surface area (Å²) in [5.74, 6) is -1.76. The fourth-order valence-electron chi connectivity index (χ4n) is 6.41. The lowest BCUT2D eigenvalue weighted by molar-refractivity contribution is -0.889. The molecule has 0 heterocycles. The third-order valence-corrected chi connectivity index (χ3v) is 9.87. The van der Waals surface area contributed by atoms with Gasteiger partial charge < -0.3 is 28.6 Å². The van der Waals surface area contributed by atoms with E-state index in [4.69, 9.17) is 14.2 Å². The Morgan fingerprint density at radius 3 is 1.43 bits per heavy atom. The SMILES string of the molecule is CCCCCCCCC/C=C/C=C/CCCCCC(=O)OCC(COCCC(C(=O)[O-])[N+](C)(C)C)OC(=O)CCCCCCCCCCCCCCC. The maximum absolute atomic E-state index is 12.7. The zero-order chi connectivity index (χ0) is 39.3. The molecule has 0 saturated heterocycles. The highest BCUT2D eigenvalue weighted by Crippen LogP contribution is 2.14. The second kappa shape index (κ2) is 36.8. The lowest BCUT2D eigenvalue weighted by atomic mass is 10.0. The van der Waals surface area contributed by atoms with Gasteiger partial charge in [0.05, 0.1) is 40.3 Å². The van der Waals surface area contributed by atoms with Crippen LogP contribution in [-0.4, -0.2) is 75.5 Å². The quantitative estimate of drug-likeness (QED) is 0.0267. The van der Waals surface area contributed by atoms with Crippen molar-refractivity contribution < 1.29 is 38.2 Å². The zero-order valence-electron chi connectivity index (χ0n) is 35.2. The van der Waals surface area contributed by atoms with E-state index >= 15 is 0 Å². The van der Waals surface area contributed by atoms with E-state index < -0.39 is 18.1 Å². The summed E-state index contributed by atoms with van der Waals surface area (Å²) in [5.41, 5.74) is 0. The maximum atomic E-state index is 12.7. The maximum Gasteiger partial charge on any atom is 0.306 e. The van der Waals surface area contributed by atoms with Gasteiger partial charge in [-0.2, -0.15) is 0 Å². The lowest BCUT2D eigenvalue weighted by Gasteiger charge is -2.34. The molecule has 0 spiro atoms. The molecule has 8 nitrogen and oxygen atoms in total. The van der Waals surface area contributed by atoms with Crippen LogP contribution < -0.4 is 5.11 Å². The molecule has 0 aromatic rings. The highest BCUT2D eigenvalue weighted by molar-refractivity contribution is 5.70. The number of carboxylic acid groups (broad SMARTS) is 1. The Hall–Kier alpha value is -2.19. The van der Waals surface area contributed by atoms with Gasteiger partial charge in [0.15, 0.2) is 6.10 Å². The van der Waals surface area contributed by atoms with Gasteiger partial charge in [-0.3, -0.25) is 9.59 Å². The molecule has 53 heavy (non-hydrogen) atoms. The fourth-order valence-corrected chi connectivity index (χ4v) is 6.41. The van der Waals surface area contributed by atoms with Crippen LogP contribution >= 0.6 is 0 Å². The van der Waals surface area contributed by atoms with E-state index in [0.29, 0.717) is 12.8 Å². The molecule has 0 bridgehead atoms. The number of allylic oxidation sites excluding steroid dienone is 4. The Morgan fingerprint density at radius 1 is 0.566 bits per heavy atom. The summed E-state index contributed by atoms with van der Waals surface area (Å²) in [6.07, 6.45) is 39.1. The Kier molecular flexibility index (Phi) is 35.2. The van der Waals surface area contributed by atoms with Crippen molar-refractivity contribution in [2.75, 3.05) is 41.0 Å². The number of likely N-dealkylation sites (N-methyl/N-ethyl adjacent to an activating group) is 1. The predicted molar refractivity (Wildman–Crippen MR) is 217 cm³/mol. The van der Waals surface area contributed by atoms with E-state index in [9.17, 15) is 19.5 Å². The smallest absolute Gasteiger partial charge is 0.306 e. The van der Waals surface area contributed by atoms with E-state index in [-0.39, 0.29) is 42.7 Å². The summed E-state index contributed by atoms with van der Waals surface area (Å²) in [5, 5.41) is 11.6. The Morgan fingerprint density at radius 2 is 0.981 bits per heavy atom. The lowest BCUT2D eigenvalue weighted by Crippen LogP contribution is -2.55. The topological polar surface area (TPSA) is 102 Å². The Bertz CT molecular complexity index is 926. The first-order valence-corrected chi connectivity index (χ1v) is 21.9. The molecule has 2 atom stereocenters. The molecular formula is C45H83NO7. The van der Waals surface area contributed by atoms with Crippen LogP contribution in [0.1, 0.15) is 194 Å². The van der Waals surface area contributed by atoms with Gasteiger partial charge in [0.25, 0.3) is 0 Å². The summed E-state index contributed by atoms with van der Waals surface area (Å²) in [7, 11) is 5.40. The van der Waals surface area contributed by atoms with Crippen LogP contribution in [-0.2, 0) is 28.6 Å². The van der Waals surface area contributed by atoms with Crippen molar-refractivity contribution in [2.24, 2.45) is 0 Å². The molecule has 0 aliphatic carbocycles. The minimum absolute atomic E-state index is 0.0361. The molecule has 0 amide bonds. The number of carbonyl (C=O) groups is 3. The number of esters is 2. The summed E-state index contributed by atoms with van der Waals surface area (Å²) in [4.78, 5) is 36.8. The summed E-state index contributed by atoms with van der Waals surface area (Å²) < 4.78 is 17.1. The van der Waals surface area contributed by atoms with Crippen molar-refractivity contribution in [1.82, 2.24) is 0 Å². The predicted octanol–water partition coefficient (Wildman–Crippen LogP) is 10.4. The third-order valence-electron chi connectivity index (χ3n) is 9.87. The summed E-state index contributed by atoms with van der Waals surface area (Å²) in [6, 6.07) is -0.726. The Labute approximate surface area is 326 Å².